The van der Waals surface area contributed by atoms with Crippen LogP contribution in [0.15, 0.2) is 58.9 Å². The average Bonchev–Trinajstić information content (AvgIpc) is 2.53. The molecule has 0 fully saturated rings. The maximum absolute atomic E-state index is 7.24. The highest BCUT2D eigenvalue weighted by atomic mass is 32.2. The van der Waals surface area contributed by atoms with Crippen molar-refractivity contribution in [3.8, 4) is 0 Å². The fraction of sp³-hybridized carbons (Fsp3) is 0.250. The van der Waals surface area contributed by atoms with Gasteiger partial charge in [-0.25, -0.2) is 0 Å². The fourth-order valence-electron chi connectivity index (χ4n) is 2.04. The van der Waals surface area contributed by atoms with E-state index in [0.717, 1.165) is 17.6 Å². The molecule has 0 bridgehead atoms. The number of hydrogen-bond donors (Lipinski definition) is 1. The zero-order chi connectivity index (χ0) is 16.5. The molecule has 2 heteroatoms. The van der Waals surface area contributed by atoms with Crippen LogP contribution in [0.3, 0.4) is 0 Å². The van der Waals surface area contributed by atoms with Gasteiger partial charge < -0.3 is 5.41 Å². The Hall–Kier alpha value is -1.80. The SMILES string of the molecule is C=C1/C=C\C=C/Sc2cc(C)c(C/C=C(/C)C=N)cc21.CC. The molecule has 0 radical (unpaired) electrons. The van der Waals surface area contributed by atoms with Crippen molar-refractivity contribution in [3.63, 3.8) is 0 Å². The predicted molar refractivity (Wildman–Crippen MR) is 102 cm³/mol. The van der Waals surface area contributed by atoms with Gasteiger partial charge >= 0.3 is 0 Å². The smallest absolute Gasteiger partial charge is 0.0203 e. The molecule has 1 aliphatic rings. The van der Waals surface area contributed by atoms with E-state index >= 15 is 0 Å². The third kappa shape index (κ3) is 4.88. The molecule has 116 valence electrons. The highest BCUT2D eigenvalue weighted by Crippen LogP contribution is 2.33. The van der Waals surface area contributed by atoms with E-state index in [-0.39, 0.29) is 0 Å². The van der Waals surface area contributed by atoms with Crippen molar-refractivity contribution in [2.45, 2.75) is 39.0 Å². The molecule has 0 aliphatic carbocycles. The topological polar surface area (TPSA) is 23.9 Å². The second kappa shape index (κ2) is 9.26. The van der Waals surface area contributed by atoms with E-state index in [1.165, 1.54) is 27.8 Å². The summed E-state index contributed by atoms with van der Waals surface area (Å²) in [6.07, 6.45) is 10.5. The molecule has 1 aromatic carbocycles. The van der Waals surface area contributed by atoms with Crippen LogP contribution in [0.1, 0.15) is 37.5 Å². The minimum absolute atomic E-state index is 0.859. The lowest BCUT2D eigenvalue weighted by atomic mass is 9.97. The molecule has 2 rings (SSSR count). The van der Waals surface area contributed by atoms with Gasteiger partial charge in [-0.05, 0) is 65.6 Å². The number of aryl methyl sites for hydroxylation is 1. The Labute approximate surface area is 139 Å². The Morgan fingerprint density at radius 1 is 1.27 bits per heavy atom. The van der Waals surface area contributed by atoms with E-state index < -0.39 is 0 Å². The Morgan fingerprint density at radius 2 is 2.00 bits per heavy atom. The number of nitrogens with one attached hydrogen (secondary N) is 1. The molecule has 1 N–H and O–H groups in total. The Balaban J connectivity index is 0.00000116. The molecule has 1 nitrogen and oxygen atoms in total. The fourth-order valence-corrected chi connectivity index (χ4v) is 2.92. The lowest BCUT2D eigenvalue weighted by Crippen LogP contribution is -1.94. The van der Waals surface area contributed by atoms with Crippen molar-refractivity contribution in [2.24, 2.45) is 0 Å². The maximum Gasteiger partial charge on any atom is 0.0203 e. The van der Waals surface area contributed by atoms with Crippen molar-refractivity contribution in [2.75, 3.05) is 0 Å². The van der Waals surface area contributed by atoms with Crippen LogP contribution >= 0.6 is 11.8 Å². The summed E-state index contributed by atoms with van der Waals surface area (Å²) in [6.45, 7) is 12.3. The molecule has 0 unspecified atom stereocenters. The van der Waals surface area contributed by atoms with Gasteiger partial charge in [-0.1, -0.05) is 56.5 Å². The van der Waals surface area contributed by atoms with Crippen LogP contribution in [-0.2, 0) is 6.42 Å². The van der Waals surface area contributed by atoms with Crippen molar-refractivity contribution >= 4 is 23.5 Å². The molecule has 0 atom stereocenters. The molecular formula is C20H25NS. The van der Waals surface area contributed by atoms with Crippen LogP contribution in [-0.4, -0.2) is 6.21 Å². The van der Waals surface area contributed by atoms with Crippen LogP contribution in [0.4, 0.5) is 0 Å². The van der Waals surface area contributed by atoms with Crippen molar-refractivity contribution in [1.82, 2.24) is 0 Å². The second-order valence-corrected chi connectivity index (χ2v) is 5.85. The summed E-state index contributed by atoms with van der Waals surface area (Å²) in [5.41, 5.74) is 5.83. The van der Waals surface area contributed by atoms with E-state index in [1.54, 1.807) is 11.8 Å². The first-order chi connectivity index (χ1) is 10.6. The van der Waals surface area contributed by atoms with E-state index in [9.17, 15) is 0 Å². The summed E-state index contributed by atoms with van der Waals surface area (Å²) in [4.78, 5) is 1.25. The van der Waals surface area contributed by atoms with Gasteiger partial charge in [0.15, 0.2) is 0 Å². The highest BCUT2D eigenvalue weighted by molar-refractivity contribution is 8.02. The van der Waals surface area contributed by atoms with Crippen LogP contribution in [0.2, 0.25) is 0 Å². The summed E-state index contributed by atoms with van der Waals surface area (Å²) >= 11 is 1.73. The molecule has 0 aromatic heterocycles. The normalized spacial score (nSPS) is 16.5. The summed E-state index contributed by atoms with van der Waals surface area (Å²) < 4.78 is 0. The van der Waals surface area contributed by atoms with Gasteiger partial charge in [0.05, 0.1) is 0 Å². The van der Waals surface area contributed by atoms with Crippen LogP contribution in [0.25, 0.3) is 5.57 Å². The Bertz CT molecular complexity index is 633. The highest BCUT2D eigenvalue weighted by Gasteiger charge is 2.09. The molecule has 0 saturated carbocycles. The van der Waals surface area contributed by atoms with Crippen molar-refractivity contribution in [1.29, 1.82) is 5.41 Å². The van der Waals surface area contributed by atoms with Gasteiger partial charge in [0.2, 0.25) is 0 Å². The largest absolute Gasteiger partial charge is 0.308 e. The summed E-state index contributed by atoms with van der Waals surface area (Å²) in [5, 5.41) is 9.33. The quantitative estimate of drug-likeness (QED) is 0.646. The Kier molecular flexibility index (Phi) is 7.69. The van der Waals surface area contributed by atoms with Crippen LogP contribution < -0.4 is 0 Å². The number of hydrogen-bond acceptors (Lipinski definition) is 2. The molecule has 0 spiro atoms. The third-order valence-electron chi connectivity index (χ3n) is 3.34. The van der Waals surface area contributed by atoms with Gasteiger partial charge in [-0.2, -0.15) is 0 Å². The summed E-state index contributed by atoms with van der Waals surface area (Å²) in [7, 11) is 0. The molecular weight excluding hydrogens is 286 g/mol. The lowest BCUT2D eigenvalue weighted by Gasteiger charge is -2.14. The minimum Gasteiger partial charge on any atom is -0.308 e. The molecule has 0 saturated heterocycles. The molecule has 0 amide bonds. The van der Waals surface area contributed by atoms with Crippen LogP contribution in [0, 0.1) is 12.3 Å². The number of rotatable bonds is 3. The van der Waals surface area contributed by atoms with Gasteiger partial charge in [0.25, 0.3) is 0 Å². The Morgan fingerprint density at radius 3 is 2.68 bits per heavy atom. The first-order valence-corrected chi connectivity index (χ1v) is 8.49. The van der Waals surface area contributed by atoms with Crippen LogP contribution in [0.5, 0.6) is 0 Å². The maximum atomic E-state index is 7.24. The molecule has 1 heterocycles. The standard InChI is InChI=1S/C18H19NS.C2H6/c1-13(12-19)7-8-16-11-17-14(2)6-4-5-9-20-18(17)10-15(16)3;1-2/h4-7,9-12,19H,2,8H2,1,3H3;1-2H3/b6-4-,9-5-,13-7-,19-12?;. The van der Waals surface area contributed by atoms with Gasteiger partial charge in [0.1, 0.15) is 0 Å². The zero-order valence-corrected chi connectivity index (χ0v) is 14.8. The average molecular weight is 311 g/mol. The lowest BCUT2D eigenvalue weighted by molar-refractivity contribution is 1.17. The molecule has 1 aromatic rings. The van der Waals surface area contributed by atoms with Gasteiger partial charge in [0, 0.05) is 11.1 Å². The van der Waals surface area contributed by atoms with Crippen molar-refractivity contribution < 1.29 is 0 Å². The summed E-state index contributed by atoms with van der Waals surface area (Å²) in [6, 6.07) is 4.47. The van der Waals surface area contributed by atoms with E-state index in [4.69, 9.17) is 5.41 Å². The minimum atomic E-state index is 0.859. The van der Waals surface area contributed by atoms with E-state index in [0.29, 0.717) is 0 Å². The monoisotopic (exact) mass is 311 g/mol. The molecule has 1 aliphatic heterocycles. The third-order valence-corrected chi connectivity index (χ3v) is 4.22. The van der Waals surface area contributed by atoms with Gasteiger partial charge in [-0.15, -0.1) is 0 Å². The molecule has 22 heavy (non-hydrogen) atoms. The predicted octanol–water partition coefficient (Wildman–Crippen LogP) is 6.35. The first kappa shape index (κ1) is 18.2. The van der Waals surface area contributed by atoms with Gasteiger partial charge in [-0.3, -0.25) is 0 Å². The number of benzene rings is 1. The van der Waals surface area contributed by atoms with E-state index in [2.05, 4.69) is 37.1 Å². The second-order valence-electron chi connectivity index (χ2n) is 4.90. The van der Waals surface area contributed by atoms with Crippen molar-refractivity contribution in [3.05, 3.63) is 70.7 Å². The summed E-state index contributed by atoms with van der Waals surface area (Å²) in [5.74, 6) is 0. The zero-order valence-electron chi connectivity index (χ0n) is 13.9. The number of thioether (sulfide) groups is 1. The number of allylic oxidation sites excluding steroid dienone is 6. The first-order valence-electron chi connectivity index (χ1n) is 7.61. The number of fused-ring (bicyclic) bond motifs is 1. The van der Waals surface area contributed by atoms with E-state index in [1.807, 2.05) is 39.0 Å².